The molecular formula is C13H22N3OS+. The molecular weight excluding hydrogens is 246 g/mol. The molecule has 0 aromatic carbocycles. The quantitative estimate of drug-likeness (QED) is 0.673. The highest BCUT2D eigenvalue weighted by Gasteiger charge is 2.26. The summed E-state index contributed by atoms with van der Waals surface area (Å²) in [5.74, 6) is 0.904. The van der Waals surface area contributed by atoms with Gasteiger partial charge < -0.3 is 20.0 Å². The van der Waals surface area contributed by atoms with Crippen LogP contribution in [0.1, 0.15) is 25.5 Å². The van der Waals surface area contributed by atoms with Crippen molar-refractivity contribution in [2.75, 3.05) is 19.6 Å². The summed E-state index contributed by atoms with van der Waals surface area (Å²) in [5, 5.41) is 7.18. The largest absolute Gasteiger partial charge is 0.467 e. The van der Waals surface area contributed by atoms with E-state index in [1.165, 1.54) is 25.9 Å². The predicted molar refractivity (Wildman–Crippen MR) is 75.5 cm³/mol. The highest BCUT2D eigenvalue weighted by atomic mass is 32.1. The van der Waals surface area contributed by atoms with Crippen LogP contribution in [0.5, 0.6) is 0 Å². The van der Waals surface area contributed by atoms with Crippen LogP contribution in [0.4, 0.5) is 0 Å². The van der Waals surface area contributed by atoms with E-state index in [-0.39, 0.29) is 0 Å². The van der Waals surface area contributed by atoms with Crippen LogP contribution in [-0.4, -0.2) is 30.8 Å². The second-order valence-electron chi connectivity index (χ2n) is 4.74. The summed E-state index contributed by atoms with van der Waals surface area (Å²) in [4.78, 5) is 1.69. The number of nitrogens with one attached hydrogen (secondary N) is 3. The van der Waals surface area contributed by atoms with E-state index in [4.69, 9.17) is 16.6 Å². The standard InChI is InChI=1S/C13H21N3OS/c1-2-16-7-3-5-11(16)9-14-13(18)15-10-12-6-4-8-17-12/h4,6,8,11H,2-3,5,7,9-10H2,1H3,(H2,14,15,18)/p+1/t11-/m1/s1. The van der Waals surface area contributed by atoms with Gasteiger partial charge in [0.15, 0.2) is 5.11 Å². The van der Waals surface area contributed by atoms with E-state index in [2.05, 4.69) is 17.6 Å². The fourth-order valence-corrected chi connectivity index (χ4v) is 2.71. The van der Waals surface area contributed by atoms with E-state index in [1.807, 2.05) is 12.1 Å². The number of furan rings is 1. The summed E-state index contributed by atoms with van der Waals surface area (Å²) in [6.45, 7) is 6.37. The summed E-state index contributed by atoms with van der Waals surface area (Å²) < 4.78 is 5.24. The van der Waals surface area contributed by atoms with Crippen LogP contribution in [0.15, 0.2) is 22.8 Å². The molecule has 1 aliphatic rings. The Morgan fingerprint density at radius 1 is 1.56 bits per heavy atom. The van der Waals surface area contributed by atoms with Crippen LogP contribution >= 0.6 is 12.2 Å². The van der Waals surface area contributed by atoms with Gasteiger partial charge in [-0.3, -0.25) is 0 Å². The van der Waals surface area contributed by atoms with Crippen molar-refractivity contribution in [2.24, 2.45) is 0 Å². The molecule has 0 spiro atoms. The molecule has 0 radical (unpaired) electrons. The van der Waals surface area contributed by atoms with E-state index in [0.29, 0.717) is 17.7 Å². The van der Waals surface area contributed by atoms with Gasteiger partial charge in [-0.25, -0.2) is 0 Å². The number of hydrogen-bond acceptors (Lipinski definition) is 2. The van der Waals surface area contributed by atoms with Crippen molar-refractivity contribution in [3.05, 3.63) is 24.2 Å². The molecule has 4 nitrogen and oxygen atoms in total. The molecule has 1 aromatic heterocycles. The molecule has 1 fully saturated rings. The number of hydrogen-bond donors (Lipinski definition) is 3. The van der Waals surface area contributed by atoms with E-state index in [1.54, 1.807) is 11.2 Å². The van der Waals surface area contributed by atoms with Crippen LogP contribution in [0.3, 0.4) is 0 Å². The number of likely N-dealkylation sites (N-methyl/N-ethyl adjacent to an activating group) is 1. The topological polar surface area (TPSA) is 41.6 Å². The van der Waals surface area contributed by atoms with Gasteiger partial charge in [0.1, 0.15) is 11.8 Å². The zero-order chi connectivity index (χ0) is 12.8. The molecule has 1 unspecified atom stereocenters. The van der Waals surface area contributed by atoms with Crippen LogP contribution in [0.2, 0.25) is 0 Å². The van der Waals surface area contributed by atoms with Gasteiger partial charge in [-0.2, -0.15) is 0 Å². The highest BCUT2D eigenvalue weighted by molar-refractivity contribution is 7.80. The van der Waals surface area contributed by atoms with Crippen LogP contribution < -0.4 is 15.5 Å². The minimum absolute atomic E-state index is 0.647. The van der Waals surface area contributed by atoms with Gasteiger partial charge in [-0.1, -0.05) is 0 Å². The van der Waals surface area contributed by atoms with Crippen molar-refractivity contribution in [1.29, 1.82) is 0 Å². The van der Waals surface area contributed by atoms with Gasteiger partial charge >= 0.3 is 0 Å². The Balaban J connectivity index is 1.65. The van der Waals surface area contributed by atoms with Crippen molar-refractivity contribution in [1.82, 2.24) is 10.6 Å². The van der Waals surface area contributed by atoms with Gasteiger partial charge in [-0.05, 0) is 31.3 Å². The summed E-state index contributed by atoms with van der Waals surface area (Å²) in [6, 6.07) is 4.53. The molecule has 18 heavy (non-hydrogen) atoms. The third-order valence-corrected chi connectivity index (χ3v) is 3.88. The third-order valence-electron chi connectivity index (χ3n) is 3.59. The maximum Gasteiger partial charge on any atom is 0.166 e. The van der Waals surface area contributed by atoms with E-state index >= 15 is 0 Å². The molecule has 100 valence electrons. The Morgan fingerprint density at radius 3 is 3.17 bits per heavy atom. The molecule has 0 aliphatic carbocycles. The monoisotopic (exact) mass is 268 g/mol. The Kier molecular flexibility index (Phi) is 5.01. The highest BCUT2D eigenvalue weighted by Crippen LogP contribution is 1.99. The first-order chi connectivity index (χ1) is 8.79. The molecule has 5 heteroatoms. The van der Waals surface area contributed by atoms with E-state index < -0.39 is 0 Å². The summed E-state index contributed by atoms with van der Waals surface area (Å²) in [7, 11) is 0. The maximum atomic E-state index is 5.26. The van der Waals surface area contributed by atoms with Crippen LogP contribution in [0, 0.1) is 0 Å². The first-order valence-corrected chi connectivity index (χ1v) is 7.09. The molecule has 0 bridgehead atoms. The summed E-state index contributed by atoms with van der Waals surface area (Å²) >= 11 is 5.26. The molecule has 0 saturated carbocycles. The van der Waals surface area contributed by atoms with Crippen molar-refractivity contribution < 1.29 is 9.32 Å². The lowest BCUT2D eigenvalue weighted by atomic mass is 10.2. The zero-order valence-corrected chi connectivity index (χ0v) is 11.7. The van der Waals surface area contributed by atoms with Gasteiger partial charge in [0.25, 0.3) is 0 Å². The molecule has 1 aliphatic heterocycles. The molecule has 1 aromatic rings. The van der Waals surface area contributed by atoms with Crippen LogP contribution in [-0.2, 0) is 6.54 Å². The molecule has 2 heterocycles. The Hall–Kier alpha value is -1.07. The van der Waals surface area contributed by atoms with E-state index in [0.717, 1.165) is 12.3 Å². The molecule has 0 amide bonds. The SMILES string of the molecule is CC[NH+]1CCC[C@@H]1CNC(=S)NCc1ccco1. The summed E-state index contributed by atoms with van der Waals surface area (Å²) in [5.41, 5.74) is 0. The first-order valence-electron chi connectivity index (χ1n) is 6.68. The fraction of sp³-hybridized carbons (Fsp3) is 0.615. The third kappa shape index (κ3) is 3.71. The van der Waals surface area contributed by atoms with Crippen molar-refractivity contribution >= 4 is 17.3 Å². The molecule has 2 atom stereocenters. The first kappa shape index (κ1) is 13.4. The normalized spacial score (nSPS) is 22.9. The van der Waals surface area contributed by atoms with Gasteiger partial charge in [0, 0.05) is 12.8 Å². The van der Waals surface area contributed by atoms with Gasteiger partial charge in [-0.15, -0.1) is 0 Å². The van der Waals surface area contributed by atoms with E-state index in [9.17, 15) is 0 Å². The average Bonchev–Trinajstić information content (AvgIpc) is 3.04. The molecule has 2 rings (SSSR count). The Labute approximate surface area is 114 Å². The smallest absolute Gasteiger partial charge is 0.166 e. The van der Waals surface area contributed by atoms with Crippen molar-refractivity contribution in [3.8, 4) is 0 Å². The van der Waals surface area contributed by atoms with Crippen molar-refractivity contribution in [3.63, 3.8) is 0 Å². The van der Waals surface area contributed by atoms with Crippen LogP contribution in [0.25, 0.3) is 0 Å². The minimum atomic E-state index is 0.647. The zero-order valence-electron chi connectivity index (χ0n) is 10.9. The predicted octanol–water partition coefficient (Wildman–Crippen LogP) is 0.311. The Bertz CT molecular complexity index is 366. The Morgan fingerprint density at radius 2 is 2.44 bits per heavy atom. The molecule has 3 N–H and O–H groups in total. The van der Waals surface area contributed by atoms with Crippen molar-refractivity contribution in [2.45, 2.75) is 32.4 Å². The molecule has 1 saturated heterocycles. The lowest BCUT2D eigenvalue weighted by Crippen LogP contribution is -3.14. The maximum absolute atomic E-state index is 5.26. The summed E-state index contributed by atoms with van der Waals surface area (Å²) in [6.07, 6.45) is 4.31. The number of quaternary nitrogens is 1. The minimum Gasteiger partial charge on any atom is -0.467 e. The second kappa shape index (κ2) is 6.75. The average molecular weight is 268 g/mol. The lowest BCUT2D eigenvalue weighted by molar-refractivity contribution is -0.909. The number of rotatable bonds is 5. The number of thiocarbonyl (C=S) groups is 1. The number of likely N-dealkylation sites (tertiary alicyclic amines) is 1. The van der Waals surface area contributed by atoms with Gasteiger partial charge in [0.05, 0.1) is 32.4 Å². The van der Waals surface area contributed by atoms with Gasteiger partial charge in [0.2, 0.25) is 0 Å². The fourth-order valence-electron chi connectivity index (χ4n) is 2.55. The second-order valence-corrected chi connectivity index (χ2v) is 5.15. The lowest BCUT2D eigenvalue weighted by Gasteiger charge is -2.20.